The second kappa shape index (κ2) is 8.19. The lowest BCUT2D eigenvalue weighted by Crippen LogP contribution is -2.02. The van der Waals surface area contributed by atoms with Gasteiger partial charge in [0.1, 0.15) is 0 Å². The zero-order chi connectivity index (χ0) is 10.9. The molecule has 0 aliphatic heterocycles. The van der Waals surface area contributed by atoms with Gasteiger partial charge in [0.15, 0.2) is 0 Å². The molecule has 0 nitrogen and oxygen atoms in total. The molecule has 0 saturated heterocycles. The molecule has 0 atom stereocenters. The van der Waals surface area contributed by atoms with Crippen molar-refractivity contribution in [3.63, 3.8) is 0 Å². The second-order valence-electron chi connectivity index (χ2n) is 5.66. The minimum atomic E-state index is 0.882. The van der Waals surface area contributed by atoms with Crippen LogP contribution in [0.1, 0.15) is 84.5 Å². The molecule has 1 aliphatic rings. The van der Waals surface area contributed by atoms with E-state index in [1.165, 1.54) is 70.6 Å². The molecule has 1 fully saturated rings. The van der Waals surface area contributed by atoms with E-state index in [4.69, 9.17) is 0 Å². The summed E-state index contributed by atoms with van der Waals surface area (Å²) in [5.41, 5.74) is 0. The molecule has 0 aromatic carbocycles. The van der Waals surface area contributed by atoms with Crippen molar-refractivity contribution in [2.75, 3.05) is 0 Å². The maximum atomic E-state index is 2.35. The Morgan fingerprint density at radius 1 is 0.800 bits per heavy atom. The fourth-order valence-electron chi connectivity index (χ4n) is 2.50. The molecule has 1 saturated carbocycles. The largest absolute Gasteiger partial charge is 0.0628 e. The fourth-order valence-corrected chi connectivity index (χ4v) is 2.50. The molecule has 15 heavy (non-hydrogen) atoms. The third kappa shape index (κ3) is 6.98. The molecule has 0 N–H and O–H groups in total. The van der Waals surface area contributed by atoms with Gasteiger partial charge >= 0.3 is 0 Å². The topological polar surface area (TPSA) is 0 Å². The van der Waals surface area contributed by atoms with E-state index in [9.17, 15) is 0 Å². The molecular weight excluding hydrogens is 180 g/mol. The summed E-state index contributed by atoms with van der Waals surface area (Å²) in [6, 6.07) is 0. The van der Waals surface area contributed by atoms with Gasteiger partial charge in [-0.2, -0.15) is 0 Å². The third-order valence-corrected chi connectivity index (χ3v) is 3.64. The first-order valence-corrected chi connectivity index (χ1v) is 7.12. The second-order valence-corrected chi connectivity index (χ2v) is 5.66. The molecule has 0 heterocycles. The maximum Gasteiger partial charge on any atom is -0.0241 e. The Balaban J connectivity index is 2.19. The first-order valence-electron chi connectivity index (χ1n) is 7.12. The van der Waals surface area contributed by atoms with E-state index in [0.29, 0.717) is 0 Å². The Hall–Kier alpha value is 0. The lowest BCUT2D eigenvalue weighted by Gasteiger charge is -2.18. The standard InChI is InChI=1S/C15H29/c1-14(2)12-13-15-10-8-6-4-3-5-7-9-11-15/h14H,3-13H2,1-2H3. The Kier molecular flexibility index (Phi) is 7.13. The van der Waals surface area contributed by atoms with Gasteiger partial charge in [-0.15, -0.1) is 0 Å². The average molecular weight is 209 g/mol. The zero-order valence-corrected chi connectivity index (χ0v) is 10.9. The normalized spacial score (nSPS) is 21.8. The highest BCUT2D eigenvalue weighted by molar-refractivity contribution is 4.89. The van der Waals surface area contributed by atoms with Crippen LogP contribution in [-0.2, 0) is 0 Å². The van der Waals surface area contributed by atoms with E-state index in [2.05, 4.69) is 13.8 Å². The van der Waals surface area contributed by atoms with Crippen LogP contribution in [0.4, 0.5) is 0 Å². The minimum Gasteiger partial charge on any atom is -0.0628 e. The maximum absolute atomic E-state index is 2.35. The fraction of sp³-hybridized carbons (Fsp3) is 0.933. The molecular formula is C15H29. The quantitative estimate of drug-likeness (QED) is 0.574. The van der Waals surface area contributed by atoms with Crippen LogP contribution < -0.4 is 0 Å². The van der Waals surface area contributed by atoms with Crippen molar-refractivity contribution in [1.82, 2.24) is 0 Å². The van der Waals surface area contributed by atoms with Gasteiger partial charge < -0.3 is 0 Å². The van der Waals surface area contributed by atoms with E-state index in [-0.39, 0.29) is 0 Å². The number of hydrogen-bond acceptors (Lipinski definition) is 0. The van der Waals surface area contributed by atoms with E-state index < -0.39 is 0 Å². The SMILES string of the molecule is CC(C)CC[C]1CCCCCCCCC1. The van der Waals surface area contributed by atoms with E-state index in [0.717, 1.165) is 5.92 Å². The summed E-state index contributed by atoms with van der Waals surface area (Å²) in [6.07, 6.45) is 16.0. The van der Waals surface area contributed by atoms with Crippen molar-refractivity contribution >= 4 is 0 Å². The Labute approximate surface area is 96.8 Å². The Bertz CT molecular complexity index is 127. The highest BCUT2D eigenvalue weighted by atomic mass is 14.2. The molecule has 1 rings (SSSR count). The summed E-state index contributed by atoms with van der Waals surface area (Å²) in [7, 11) is 0. The van der Waals surface area contributed by atoms with Crippen LogP contribution in [0.25, 0.3) is 0 Å². The van der Waals surface area contributed by atoms with Crippen LogP contribution in [-0.4, -0.2) is 0 Å². The van der Waals surface area contributed by atoms with E-state index in [1.807, 2.05) is 5.92 Å². The Morgan fingerprint density at radius 2 is 1.27 bits per heavy atom. The minimum absolute atomic E-state index is 0.882. The van der Waals surface area contributed by atoms with Crippen LogP contribution in [0, 0.1) is 11.8 Å². The lowest BCUT2D eigenvalue weighted by atomic mass is 9.87. The Morgan fingerprint density at radius 3 is 1.73 bits per heavy atom. The molecule has 1 aliphatic carbocycles. The van der Waals surface area contributed by atoms with Crippen LogP contribution >= 0.6 is 0 Å². The lowest BCUT2D eigenvalue weighted by molar-refractivity contribution is 0.476. The van der Waals surface area contributed by atoms with Crippen molar-refractivity contribution in [3.8, 4) is 0 Å². The van der Waals surface area contributed by atoms with Crippen LogP contribution in [0.3, 0.4) is 0 Å². The summed E-state index contributed by atoms with van der Waals surface area (Å²) in [4.78, 5) is 0. The van der Waals surface area contributed by atoms with Gasteiger partial charge in [-0.3, -0.25) is 0 Å². The summed E-state index contributed by atoms with van der Waals surface area (Å²) < 4.78 is 0. The van der Waals surface area contributed by atoms with Crippen LogP contribution in [0.15, 0.2) is 0 Å². The summed E-state index contributed by atoms with van der Waals surface area (Å²) in [5.74, 6) is 2.76. The van der Waals surface area contributed by atoms with E-state index in [1.54, 1.807) is 0 Å². The van der Waals surface area contributed by atoms with Crippen molar-refractivity contribution in [3.05, 3.63) is 5.92 Å². The third-order valence-electron chi connectivity index (χ3n) is 3.64. The van der Waals surface area contributed by atoms with Gasteiger partial charge in [0.05, 0.1) is 0 Å². The van der Waals surface area contributed by atoms with Crippen LogP contribution in [0.5, 0.6) is 0 Å². The monoisotopic (exact) mass is 209 g/mol. The van der Waals surface area contributed by atoms with Gasteiger partial charge in [-0.1, -0.05) is 65.2 Å². The predicted molar refractivity (Wildman–Crippen MR) is 68.9 cm³/mol. The van der Waals surface area contributed by atoms with Crippen molar-refractivity contribution in [2.24, 2.45) is 5.92 Å². The molecule has 0 amide bonds. The van der Waals surface area contributed by atoms with Gasteiger partial charge in [0, 0.05) is 0 Å². The molecule has 89 valence electrons. The van der Waals surface area contributed by atoms with Crippen molar-refractivity contribution < 1.29 is 0 Å². The highest BCUT2D eigenvalue weighted by Crippen LogP contribution is 2.27. The molecule has 0 bridgehead atoms. The number of rotatable bonds is 3. The van der Waals surface area contributed by atoms with Gasteiger partial charge in [-0.05, 0) is 31.1 Å². The first-order chi connectivity index (χ1) is 7.29. The van der Waals surface area contributed by atoms with Crippen molar-refractivity contribution in [1.29, 1.82) is 0 Å². The average Bonchev–Trinajstić information content (AvgIpc) is 2.23. The zero-order valence-electron chi connectivity index (χ0n) is 10.9. The van der Waals surface area contributed by atoms with Crippen LogP contribution in [0.2, 0.25) is 0 Å². The summed E-state index contributed by atoms with van der Waals surface area (Å²) in [6.45, 7) is 4.70. The smallest absolute Gasteiger partial charge is 0.0241 e. The molecule has 0 aromatic heterocycles. The molecule has 0 unspecified atom stereocenters. The molecule has 0 aromatic rings. The predicted octanol–water partition coefficient (Wildman–Crippen LogP) is 5.52. The first kappa shape index (κ1) is 13.1. The number of hydrogen-bond donors (Lipinski definition) is 0. The van der Waals surface area contributed by atoms with Gasteiger partial charge in [0.2, 0.25) is 0 Å². The molecule has 0 heteroatoms. The van der Waals surface area contributed by atoms with Gasteiger partial charge in [0.25, 0.3) is 0 Å². The molecule has 0 spiro atoms. The summed E-state index contributed by atoms with van der Waals surface area (Å²) >= 11 is 0. The molecule has 1 radical (unpaired) electrons. The van der Waals surface area contributed by atoms with Gasteiger partial charge in [-0.25, -0.2) is 0 Å². The highest BCUT2D eigenvalue weighted by Gasteiger charge is 2.11. The van der Waals surface area contributed by atoms with Crippen molar-refractivity contribution in [2.45, 2.75) is 84.5 Å². The summed E-state index contributed by atoms with van der Waals surface area (Å²) in [5, 5.41) is 0. The van der Waals surface area contributed by atoms with E-state index >= 15 is 0 Å².